The minimum Gasteiger partial charge on any atom is -0.508 e. The molecule has 0 saturated carbocycles. The largest absolute Gasteiger partial charge is 0.508 e. The van der Waals surface area contributed by atoms with Crippen LogP contribution in [0.4, 0.5) is 0 Å². The highest BCUT2D eigenvalue weighted by atomic mass is 32.2. The maximum atomic E-state index is 13.1. The molecular weight excluding hydrogens is 560 g/mol. The lowest BCUT2D eigenvalue weighted by atomic mass is 10.0. The molecule has 228 valence electrons. The van der Waals surface area contributed by atoms with Crippen LogP contribution >= 0.6 is 11.8 Å². The van der Waals surface area contributed by atoms with Crippen LogP contribution in [-0.2, 0) is 35.2 Å². The number of phenols is 1. The molecule has 0 heterocycles. The van der Waals surface area contributed by atoms with Crippen molar-refractivity contribution in [2.24, 2.45) is 11.5 Å². The van der Waals surface area contributed by atoms with Crippen molar-refractivity contribution in [2.45, 2.75) is 69.4 Å². The third-order valence-electron chi connectivity index (χ3n) is 5.85. The molecule has 0 radical (unpaired) electrons. The fraction of sp³-hybridized carbons (Fsp3) is 0.520. The number of carboxylic acid groups (broad SMARTS) is 1. The van der Waals surface area contributed by atoms with Crippen molar-refractivity contribution < 1.29 is 44.1 Å². The number of nitrogens with one attached hydrogen (secondary N) is 4. The van der Waals surface area contributed by atoms with Crippen molar-refractivity contribution >= 4 is 47.3 Å². The second kappa shape index (κ2) is 17.0. The summed E-state index contributed by atoms with van der Waals surface area (Å²) >= 11 is 1.37. The van der Waals surface area contributed by atoms with Gasteiger partial charge >= 0.3 is 5.97 Å². The lowest BCUT2D eigenvalue weighted by Crippen LogP contribution is -2.59. The molecule has 0 bridgehead atoms. The summed E-state index contributed by atoms with van der Waals surface area (Å²) in [5, 5.41) is 38.0. The minimum atomic E-state index is -1.59. The van der Waals surface area contributed by atoms with Gasteiger partial charge in [-0.25, -0.2) is 4.79 Å². The van der Waals surface area contributed by atoms with Crippen LogP contribution in [0.25, 0.3) is 0 Å². The van der Waals surface area contributed by atoms with Gasteiger partial charge in [0.15, 0.2) is 0 Å². The van der Waals surface area contributed by atoms with E-state index >= 15 is 0 Å². The van der Waals surface area contributed by atoms with Crippen molar-refractivity contribution in [1.29, 1.82) is 0 Å². The first-order chi connectivity index (χ1) is 19.2. The molecule has 6 atom stereocenters. The number of rotatable bonds is 17. The van der Waals surface area contributed by atoms with E-state index in [2.05, 4.69) is 21.3 Å². The number of aromatic hydroxyl groups is 1. The first-order valence-corrected chi connectivity index (χ1v) is 14.0. The van der Waals surface area contributed by atoms with E-state index in [-0.39, 0.29) is 18.6 Å². The standard InChI is InChI=1S/C25H38N6O9S/c1-12(21(35)29-16(8-9-41-3)22(36)31-18(25(39)40)11-19(26)34)28-23(37)17(30-24(38)20(27)13(2)32)10-14-4-6-15(33)7-5-14/h4-7,12-13,16-18,20,32-33H,8-11,27H2,1-3H3,(H2,26,34)(H,28,37)(H,29,35)(H,30,38)(H,31,36)(H,39,40)/t12-,13+,16-,17-,18-,20-/m0/s1. The van der Waals surface area contributed by atoms with E-state index in [1.807, 2.05) is 0 Å². The van der Waals surface area contributed by atoms with Crippen LogP contribution in [0.1, 0.15) is 32.3 Å². The zero-order valence-corrected chi connectivity index (χ0v) is 23.8. The molecule has 0 saturated heterocycles. The molecule has 11 N–H and O–H groups in total. The number of carboxylic acids is 1. The van der Waals surface area contributed by atoms with E-state index in [1.165, 1.54) is 49.9 Å². The van der Waals surface area contributed by atoms with Crippen LogP contribution in [0.15, 0.2) is 24.3 Å². The van der Waals surface area contributed by atoms with Crippen molar-refractivity contribution in [3.05, 3.63) is 29.8 Å². The van der Waals surface area contributed by atoms with E-state index in [1.54, 1.807) is 6.26 Å². The van der Waals surface area contributed by atoms with E-state index in [0.717, 1.165) is 0 Å². The topological polar surface area (TPSA) is 263 Å². The Morgan fingerprint density at radius 1 is 0.854 bits per heavy atom. The SMILES string of the molecule is CSCC[C@H](NC(=O)[C@H](C)NC(=O)[C@H](Cc1ccc(O)cc1)NC(=O)[C@@H](N)[C@@H](C)O)C(=O)N[C@@H](CC(N)=O)C(=O)O. The first kappa shape index (κ1) is 35.1. The monoisotopic (exact) mass is 598 g/mol. The Labute approximate surface area is 241 Å². The number of aliphatic carboxylic acids is 1. The Kier molecular flexibility index (Phi) is 14.6. The Bertz CT molecular complexity index is 1090. The molecule has 1 aromatic carbocycles. The second-order valence-electron chi connectivity index (χ2n) is 9.34. The van der Waals surface area contributed by atoms with Crippen LogP contribution < -0.4 is 32.7 Å². The Balaban J connectivity index is 3.02. The molecule has 0 spiro atoms. The average molecular weight is 599 g/mol. The molecule has 0 aliphatic carbocycles. The highest BCUT2D eigenvalue weighted by Crippen LogP contribution is 2.12. The lowest BCUT2D eigenvalue weighted by molar-refractivity contribution is -0.143. The van der Waals surface area contributed by atoms with Gasteiger partial charge < -0.3 is 48.1 Å². The quantitative estimate of drug-likeness (QED) is 0.0891. The summed E-state index contributed by atoms with van der Waals surface area (Å²) in [5.41, 5.74) is 11.3. The highest BCUT2D eigenvalue weighted by molar-refractivity contribution is 7.98. The molecule has 0 aliphatic heterocycles. The maximum Gasteiger partial charge on any atom is 0.326 e. The Morgan fingerprint density at radius 2 is 1.39 bits per heavy atom. The number of primary amides is 1. The molecule has 0 unspecified atom stereocenters. The molecule has 1 aromatic rings. The number of thioether (sulfide) groups is 1. The fourth-order valence-corrected chi connectivity index (χ4v) is 3.89. The normalized spacial score (nSPS) is 15.2. The number of carbonyl (C=O) groups is 6. The van der Waals surface area contributed by atoms with Crippen LogP contribution in [0.2, 0.25) is 0 Å². The van der Waals surface area contributed by atoms with Crippen LogP contribution in [0, 0.1) is 0 Å². The summed E-state index contributed by atoms with van der Waals surface area (Å²) in [5.74, 6) is -5.24. The summed E-state index contributed by atoms with van der Waals surface area (Å²) in [6.07, 6.45) is -0.0277. The first-order valence-electron chi connectivity index (χ1n) is 12.6. The molecule has 15 nitrogen and oxygen atoms in total. The van der Waals surface area contributed by atoms with Gasteiger partial charge in [-0.1, -0.05) is 12.1 Å². The summed E-state index contributed by atoms with van der Waals surface area (Å²) in [7, 11) is 0. The number of aliphatic hydroxyl groups excluding tert-OH is 1. The van der Waals surface area contributed by atoms with Gasteiger partial charge in [-0.3, -0.25) is 24.0 Å². The number of hydrogen-bond acceptors (Lipinski definition) is 10. The number of carbonyl (C=O) groups excluding carboxylic acids is 5. The number of phenolic OH excluding ortho intramolecular Hbond substituents is 1. The van der Waals surface area contributed by atoms with Gasteiger partial charge in [-0.05, 0) is 50.0 Å². The van der Waals surface area contributed by atoms with E-state index in [0.29, 0.717) is 11.3 Å². The number of amides is 5. The van der Waals surface area contributed by atoms with Gasteiger partial charge in [0.25, 0.3) is 0 Å². The second-order valence-corrected chi connectivity index (χ2v) is 10.3. The number of benzene rings is 1. The molecule has 5 amide bonds. The summed E-state index contributed by atoms with van der Waals surface area (Å²) < 4.78 is 0. The lowest BCUT2D eigenvalue weighted by Gasteiger charge is -2.25. The molecule has 0 aliphatic rings. The molecule has 41 heavy (non-hydrogen) atoms. The average Bonchev–Trinajstić information content (AvgIpc) is 2.90. The van der Waals surface area contributed by atoms with Gasteiger partial charge in [0.2, 0.25) is 29.5 Å². The van der Waals surface area contributed by atoms with E-state index in [4.69, 9.17) is 11.5 Å². The summed E-state index contributed by atoms with van der Waals surface area (Å²) in [4.78, 5) is 73.9. The predicted molar refractivity (Wildman–Crippen MR) is 149 cm³/mol. The van der Waals surface area contributed by atoms with Crippen molar-refractivity contribution in [2.75, 3.05) is 12.0 Å². The van der Waals surface area contributed by atoms with Crippen molar-refractivity contribution in [1.82, 2.24) is 21.3 Å². The number of hydrogen-bond donors (Lipinski definition) is 9. The van der Waals surface area contributed by atoms with Gasteiger partial charge in [0.05, 0.1) is 12.5 Å². The Morgan fingerprint density at radius 3 is 1.90 bits per heavy atom. The van der Waals surface area contributed by atoms with Crippen molar-refractivity contribution in [3.8, 4) is 5.75 Å². The Hall–Kier alpha value is -3.89. The third kappa shape index (κ3) is 12.4. The molecular formula is C25H38N6O9S. The third-order valence-corrected chi connectivity index (χ3v) is 6.49. The van der Waals surface area contributed by atoms with Gasteiger partial charge in [-0.15, -0.1) is 0 Å². The molecule has 0 fully saturated rings. The summed E-state index contributed by atoms with van der Waals surface area (Å²) in [6.45, 7) is 2.65. The predicted octanol–water partition coefficient (Wildman–Crippen LogP) is -2.68. The van der Waals surface area contributed by atoms with Crippen LogP contribution in [0.3, 0.4) is 0 Å². The summed E-state index contributed by atoms with van der Waals surface area (Å²) in [6, 6.07) is -0.711. The smallest absolute Gasteiger partial charge is 0.326 e. The fourth-order valence-electron chi connectivity index (χ4n) is 3.42. The number of aliphatic hydroxyl groups is 1. The zero-order chi connectivity index (χ0) is 31.3. The molecule has 16 heteroatoms. The minimum absolute atomic E-state index is 0.00965. The van der Waals surface area contributed by atoms with Crippen LogP contribution in [0.5, 0.6) is 5.75 Å². The highest BCUT2D eigenvalue weighted by Gasteiger charge is 2.31. The van der Waals surface area contributed by atoms with E-state index < -0.39 is 78.2 Å². The van der Waals surface area contributed by atoms with E-state index in [9.17, 15) is 44.1 Å². The maximum absolute atomic E-state index is 13.1. The zero-order valence-electron chi connectivity index (χ0n) is 23.0. The van der Waals surface area contributed by atoms with Crippen molar-refractivity contribution in [3.63, 3.8) is 0 Å². The van der Waals surface area contributed by atoms with Gasteiger partial charge in [0, 0.05) is 6.42 Å². The van der Waals surface area contributed by atoms with Gasteiger partial charge in [-0.2, -0.15) is 11.8 Å². The molecule has 0 aromatic heterocycles. The molecule has 1 rings (SSSR count). The van der Waals surface area contributed by atoms with Crippen LogP contribution in [-0.4, -0.2) is 99.1 Å². The van der Waals surface area contributed by atoms with Gasteiger partial charge in [0.1, 0.15) is 36.0 Å². The number of nitrogens with two attached hydrogens (primary N) is 2.